The molecule has 106 valence electrons. The Hall–Kier alpha value is 0.673. The molecule has 0 aromatic carbocycles. The number of nitrogens with two attached hydrogens (primary N) is 1. The van der Waals surface area contributed by atoms with Gasteiger partial charge in [0.1, 0.15) is 0 Å². The number of carbonyl (C=O) groups is 1. The van der Waals surface area contributed by atoms with Gasteiger partial charge in [0.05, 0.1) is 6.61 Å². The SMILES string of the molecule is NCCO.O=C(O)CCCCC(S)CCS.[O-2].[Zn+2]. The molecular formula is C10H23NO4S2Zn. The van der Waals surface area contributed by atoms with Crippen LogP contribution < -0.4 is 5.73 Å². The van der Waals surface area contributed by atoms with Gasteiger partial charge in [0, 0.05) is 18.2 Å². The van der Waals surface area contributed by atoms with E-state index in [4.69, 9.17) is 15.9 Å². The molecule has 0 rings (SSSR count). The summed E-state index contributed by atoms with van der Waals surface area (Å²) in [6.07, 6.45) is 3.99. The topological polar surface area (TPSA) is 112 Å². The Kier molecular flexibility index (Phi) is 34.3. The number of hydrogen-bond acceptors (Lipinski definition) is 5. The molecule has 8 heteroatoms. The van der Waals surface area contributed by atoms with Crippen molar-refractivity contribution in [1.82, 2.24) is 0 Å². The third-order valence-corrected chi connectivity index (χ3v) is 2.54. The molecule has 0 heterocycles. The molecule has 0 aromatic heterocycles. The molecule has 1 atom stereocenters. The van der Waals surface area contributed by atoms with E-state index in [2.05, 4.69) is 25.3 Å². The molecule has 0 spiro atoms. The summed E-state index contributed by atoms with van der Waals surface area (Å²) in [4.78, 5) is 10.1. The number of aliphatic hydroxyl groups excluding tert-OH is 1. The normalized spacial score (nSPS) is 10.2. The van der Waals surface area contributed by atoms with E-state index in [1.807, 2.05) is 0 Å². The number of carboxylic acids is 1. The number of thiol groups is 2. The maximum atomic E-state index is 10.1. The van der Waals surface area contributed by atoms with Crippen molar-refractivity contribution in [2.75, 3.05) is 18.9 Å². The molecule has 0 aliphatic heterocycles. The van der Waals surface area contributed by atoms with Crippen molar-refractivity contribution in [3.05, 3.63) is 0 Å². The third-order valence-electron chi connectivity index (χ3n) is 1.77. The number of hydrogen-bond donors (Lipinski definition) is 5. The summed E-state index contributed by atoms with van der Waals surface area (Å²) in [7, 11) is 0. The second kappa shape index (κ2) is 22.8. The standard InChI is InChI=1S/C8H16O2S2.C2H7NO.O.Zn/c9-8(10)4-2-1-3-7(12)5-6-11;3-1-2-4;;/h7,11-12H,1-6H2,(H,9,10);4H,1-3H2;;/q;;-2;+2. The number of rotatable bonds is 8. The fraction of sp³-hybridized carbons (Fsp3) is 0.900. The molecule has 0 saturated heterocycles. The third kappa shape index (κ3) is 30.1. The zero-order valence-corrected chi connectivity index (χ0v) is 15.4. The number of aliphatic hydroxyl groups is 1. The van der Waals surface area contributed by atoms with Gasteiger partial charge in [0.25, 0.3) is 0 Å². The molecule has 0 aliphatic carbocycles. The molecular weight excluding hydrogens is 328 g/mol. The van der Waals surface area contributed by atoms with Gasteiger partial charge in [0.15, 0.2) is 0 Å². The molecule has 0 fully saturated rings. The fourth-order valence-electron chi connectivity index (χ4n) is 0.950. The number of carboxylic acid groups (broad SMARTS) is 1. The first-order valence-electron chi connectivity index (χ1n) is 5.40. The summed E-state index contributed by atoms with van der Waals surface area (Å²) in [6.45, 7) is 0.472. The van der Waals surface area contributed by atoms with E-state index in [0.717, 1.165) is 31.4 Å². The maximum absolute atomic E-state index is 10.1. The second-order valence-electron chi connectivity index (χ2n) is 3.32. The minimum atomic E-state index is -0.708. The van der Waals surface area contributed by atoms with E-state index >= 15 is 0 Å². The van der Waals surface area contributed by atoms with E-state index < -0.39 is 5.97 Å². The summed E-state index contributed by atoms with van der Waals surface area (Å²) in [6, 6.07) is 0. The van der Waals surface area contributed by atoms with Crippen LogP contribution in [0.1, 0.15) is 32.1 Å². The Balaban J connectivity index is -0.000000143. The van der Waals surface area contributed by atoms with E-state index in [-0.39, 0.29) is 38.0 Å². The van der Waals surface area contributed by atoms with Gasteiger partial charge < -0.3 is 21.4 Å². The number of aliphatic carboxylic acids is 1. The minimum Gasteiger partial charge on any atom is -2.00 e. The number of unbranched alkanes of at least 4 members (excludes halogenated alkanes) is 1. The van der Waals surface area contributed by atoms with Crippen molar-refractivity contribution in [2.45, 2.75) is 37.4 Å². The summed E-state index contributed by atoms with van der Waals surface area (Å²) < 4.78 is 0. The molecule has 0 saturated carbocycles. The molecule has 0 aliphatic rings. The fourth-order valence-corrected chi connectivity index (χ4v) is 1.78. The first-order valence-corrected chi connectivity index (χ1v) is 6.55. The average molecular weight is 351 g/mol. The van der Waals surface area contributed by atoms with Gasteiger partial charge in [0.2, 0.25) is 0 Å². The zero-order chi connectivity index (χ0) is 12.8. The van der Waals surface area contributed by atoms with Crippen LogP contribution in [-0.2, 0) is 29.7 Å². The van der Waals surface area contributed by atoms with Crippen molar-refractivity contribution < 1.29 is 40.0 Å². The van der Waals surface area contributed by atoms with Gasteiger partial charge in [-0.3, -0.25) is 4.79 Å². The Morgan fingerprint density at radius 1 is 1.28 bits per heavy atom. The van der Waals surface area contributed by atoms with Crippen LogP contribution in [0.4, 0.5) is 0 Å². The zero-order valence-electron chi connectivity index (χ0n) is 10.6. The first kappa shape index (κ1) is 27.1. The van der Waals surface area contributed by atoms with Gasteiger partial charge in [-0.05, 0) is 25.0 Å². The van der Waals surface area contributed by atoms with Gasteiger partial charge in [-0.2, -0.15) is 25.3 Å². The summed E-state index contributed by atoms with van der Waals surface area (Å²) in [5, 5.41) is 16.5. The maximum Gasteiger partial charge on any atom is 2.00 e. The average Bonchev–Trinajstić information content (AvgIpc) is 2.25. The minimum absolute atomic E-state index is 0. The smallest absolute Gasteiger partial charge is 2.00 e. The molecule has 5 nitrogen and oxygen atoms in total. The monoisotopic (exact) mass is 349 g/mol. The molecule has 0 aromatic rings. The summed E-state index contributed by atoms with van der Waals surface area (Å²) >= 11 is 8.43. The van der Waals surface area contributed by atoms with E-state index in [1.54, 1.807) is 0 Å². The van der Waals surface area contributed by atoms with Crippen LogP contribution in [0, 0.1) is 0 Å². The predicted molar refractivity (Wildman–Crippen MR) is 74.2 cm³/mol. The van der Waals surface area contributed by atoms with Gasteiger partial charge in [-0.25, -0.2) is 0 Å². The van der Waals surface area contributed by atoms with Crippen LogP contribution in [0.25, 0.3) is 0 Å². The Morgan fingerprint density at radius 3 is 2.11 bits per heavy atom. The Labute approximate surface area is 133 Å². The van der Waals surface area contributed by atoms with Crippen molar-refractivity contribution in [3.8, 4) is 0 Å². The Morgan fingerprint density at radius 2 is 1.78 bits per heavy atom. The van der Waals surface area contributed by atoms with Crippen LogP contribution in [0.3, 0.4) is 0 Å². The van der Waals surface area contributed by atoms with Crippen LogP contribution >= 0.6 is 25.3 Å². The van der Waals surface area contributed by atoms with Crippen molar-refractivity contribution in [3.63, 3.8) is 0 Å². The van der Waals surface area contributed by atoms with Gasteiger partial charge >= 0.3 is 25.4 Å². The Bertz CT molecular complexity index is 165. The van der Waals surface area contributed by atoms with Crippen LogP contribution in [0.2, 0.25) is 0 Å². The first-order chi connectivity index (χ1) is 7.58. The van der Waals surface area contributed by atoms with E-state index in [1.165, 1.54) is 0 Å². The summed E-state index contributed by atoms with van der Waals surface area (Å²) in [5.41, 5.74) is 4.78. The molecule has 1 unspecified atom stereocenters. The van der Waals surface area contributed by atoms with Crippen LogP contribution in [0.15, 0.2) is 0 Å². The molecule has 0 radical (unpaired) electrons. The quantitative estimate of drug-likeness (QED) is 0.256. The largest absolute Gasteiger partial charge is 2.00 e. The van der Waals surface area contributed by atoms with E-state index in [0.29, 0.717) is 11.8 Å². The molecule has 4 N–H and O–H groups in total. The molecule has 0 bridgehead atoms. The van der Waals surface area contributed by atoms with Crippen molar-refractivity contribution >= 4 is 31.2 Å². The van der Waals surface area contributed by atoms with Crippen LogP contribution in [0.5, 0.6) is 0 Å². The van der Waals surface area contributed by atoms with Crippen molar-refractivity contribution in [2.24, 2.45) is 5.73 Å². The van der Waals surface area contributed by atoms with Crippen LogP contribution in [-0.4, -0.2) is 40.3 Å². The molecule has 18 heavy (non-hydrogen) atoms. The van der Waals surface area contributed by atoms with Gasteiger partial charge in [-0.15, -0.1) is 0 Å². The van der Waals surface area contributed by atoms with Gasteiger partial charge in [-0.1, -0.05) is 6.42 Å². The molecule has 0 amide bonds. The summed E-state index contributed by atoms with van der Waals surface area (Å²) in [5.74, 6) is 0.146. The van der Waals surface area contributed by atoms with Crippen molar-refractivity contribution in [1.29, 1.82) is 0 Å². The predicted octanol–water partition coefficient (Wildman–Crippen LogP) is 1.07. The van der Waals surface area contributed by atoms with E-state index in [9.17, 15) is 4.79 Å². The second-order valence-corrected chi connectivity index (χ2v) is 4.50.